The summed E-state index contributed by atoms with van der Waals surface area (Å²) in [6.45, 7) is 2.13. The maximum atomic E-state index is 12.5. The molecule has 1 saturated carbocycles. The SMILES string of the molecule is O=C(NC[C@H]1C[C@@H]1c1ccccc1)c1cccc(CN2CCCC2=O)c1. The first kappa shape index (κ1) is 16.8. The quantitative estimate of drug-likeness (QED) is 0.870. The highest BCUT2D eigenvalue weighted by atomic mass is 16.2. The minimum Gasteiger partial charge on any atom is -0.352 e. The van der Waals surface area contributed by atoms with Crippen LogP contribution in [0.3, 0.4) is 0 Å². The molecular weight excluding hydrogens is 324 g/mol. The molecule has 26 heavy (non-hydrogen) atoms. The zero-order valence-corrected chi connectivity index (χ0v) is 14.9. The second kappa shape index (κ2) is 7.32. The molecule has 1 heterocycles. The minimum absolute atomic E-state index is 0.0293. The molecule has 2 fully saturated rings. The van der Waals surface area contributed by atoms with Crippen molar-refractivity contribution in [2.24, 2.45) is 5.92 Å². The molecule has 0 bridgehead atoms. The Morgan fingerprint density at radius 3 is 2.73 bits per heavy atom. The number of nitrogens with one attached hydrogen (secondary N) is 1. The summed E-state index contributed by atoms with van der Waals surface area (Å²) in [5.41, 5.74) is 3.05. The zero-order valence-electron chi connectivity index (χ0n) is 14.9. The topological polar surface area (TPSA) is 49.4 Å². The Morgan fingerprint density at radius 1 is 1.12 bits per heavy atom. The fraction of sp³-hybridized carbons (Fsp3) is 0.364. The van der Waals surface area contributed by atoms with Crippen molar-refractivity contribution >= 4 is 11.8 Å². The Balaban J connectivity index is 1.31. The second-order valence-corrected chi connectivity index (χ2v) is 7.34. The summed E-state index contributed by atoms with van der Waals surface area (Å²) in [7, 11) is 0. The van der Waals surface area contributed by atoms with E-state index in [1.165, 1.54) is 5.56 Å². The van der Waals surface area contributed by atoms with Crippen molar-refractivity contribution in [3.05, 3.63) is 71.3 Å². The minimum atomic E-state index is -0.0293. The number of amides is 2. The van der Waals surface area contributed by atoms with Crippen molar-refractivity contribution in [1.29, 1.82) is 0 Å². The molecule has 134 valence electrons. The van der Waals surface area contributed by atoms with Crippen molar-refractivity contribution in [3.63, 3.8) is 0 Å². The fourth-order valence-electron chi connectivity index (χ4n) is 3.81. The molecule has 1 saturated heterocycles. The smallest absolute Gasteiger partial charge is 0.251 e. The van der Waals surface area contributed by atoms with Gasteiger partial charge in [-0.15, -0.1) is 0 Å². The largest absolute Gasteiger partial charge is 0.352 e. The van der Waals surface area contributed by atoms with Crippen LogP contribution < -0.4 is 5.32 Å². The third kappa shape index (κ3) is 3.79. The Kier molecular flexibility index (Phi) is 4.74. The maximum absolute atomic E-state index is 12.5. The molecule has 2 aliphatic rings. The van der Waals surface area contributed by atoms with E-state index in [1.807, 2.05) is 35.2 Å². The molecule has 1 aliphatic carbocycles. The lowest BCUT2D eigenvalue weighted by Gasteiger charge is -2.16. The molecule has 1 N–H and O–H groups in total. The summed E-state index contributed by atoms with van der Waals surface area (Å²) in [4.78, 5) is 26.1. The number of likely N-dealkylation sites (tertiary alicyclic amines) is 1. The van der Waals surface area contributed by atoms with Gasteiger partial charge >= 0.3 is 0 Å². The number of rotatable bonds is 6. The standard InChI is InChI=1S/C22H24N2O2/c25-21-10-5-11-24(21)15-16-6-4-9-18(12-16)22(26)23-14-19-13-20(19)17-7-2-1-3-8-17/h1-4,6-9,12,19-20H,5,10-11,13-15H2,(H,23,26)/t19-,20-/m1/s1. The Morgan fingerprint density at radius 2 is 1.96 bits per heavy atom. The molecule has 0 spiro atoms. The molecule has 4 rings (SSSR count). The molecule has 2 amide bonds. The molecule has 2 aromatic rings. The molecule has 4 heteroatoms. The van der Waals surface area contributed by atoms with Crippen LogP contribution in [0.4, 0.5) is 0 Å². The summed E-state index contributed by atoms with van der Waals surface area (Å²) in [5, 5.41) is 3.07. The lowest BCUT2D eigenvalue weighted by molar-refractivity contribution is -0.128. The van der Waals surface area contributed by atoms with Gasteiger partial charge in [0.2, 0.25) is 5.91 Å². The van der Waals surface area contributed by atoms with Crippen LogP contribution in [0.2, 0.25) is 0 Å². The van der Waals surface area contributed by atoms with Gasteiger partial charge < -0.3 is 10.2 Å². The van der Waals surface area contributed by atoms with Gasteiger partial charge in [0.15, 0.2) is 0 Å². The predicted octanol–water partition coefficient (Wildman–Crippen LogP) is 3.34. The van der Waals surface area contributed by atoms with Gasteiger partial charge in [0.25, 0.3) is 5.91 Å². The van der Waals surface area contributed by atoms with Gasteiger partial charge in [-0.3, -0.25) is 9.59 Å². The fourth-order valence-corrected chi connectivity index (χ4v) is 3.81. The van der Waals surface area contributed by atoms with E-state index < -0.39 is 0 Å². The Labute approximate surface area is 154 Å². The van der Waals surface area contributed by atoms with Gasteiger partial charge in [-0.1, -0.05) is 42.5 Å². The first-order chi connectivity index (χ1) is 12.7. The van der Waals surface area contributed by atoms with Gasteiger partial charge in [-0.05, 0) is 47.9 Å². The molecule has 0 aromatic heterocycles. The van der Waals surface area contributed by atoms with E-state index in [2.05, 4.69) is 29.6 Å². The Hall–Kier alpha value is -2.62. The van der Waals surface area contributed by atoms with Crippen LogP contribution in [0.1, 0.15) is 46.7 Å². The van der Waals surface area contributed by atoms with E-state index in [4.69, 9.17) is 0 Å². The monoisotopic (exact) mass is 348 g/mol. The summed E-state index contributed by atoms with van der Waals surface area (Å²) < 4.78 is 0. The first-order valence-corrected chi connectivity index (χ1v) is 9.40. The molecule has 2 aromatic carbocycles. The van der Waals surface area contributed by atoms with Gasteiger partial charge in [0, 0.05) is 31.6 Å². The number of carbonyl (C=O) groups excluding carboxylic acids is 2. The number of nitrogens with zero attached hydrogens (tertiary/aromatic N) is 1. The van der Waals surface area contributed by atoms with Crippen molar-refractivity contribution in [3.8, 4) is 0 Å². The van der Waals surface area contributed by atoms with E-state index in [1.54, 1.807) is 0 Å². The summed E-state index contributed by atoms with van der Waals surface area (Å²) in [6.07, 6.45) is 2.72. The molecule has 1 aliphatic heterocycles. The van der Waals surface area contributed by atoms with Gasteiger partial charge in [0.1, 0.15) is 0 Å². The number of carbonyl (C=O) groups is 2. The van der Waals surface area contributed by atoms with Gasteiger partial charge in [-0.25, -0.2) is 0 Å². The highest BCUT2D eigenvalue weighted by Crippen LogP contribution is 2.46. The van der Waals surface area contributed by atoms with Crippen LogP contribution in [0.15, 0.2) is 54.6 Å². The molecule has 0 radical (unpaired) electrons. The van der Waals surface area contributed by atoms with E-state index >= 15 is 0 Å². The third-order valence-electron chi connectivity index (χ3n) is 5.41. The molecule has 2 atom stereocenters. The van der Waals surface area contributed by atoms with Crippen LogP contribution in [0.25, 0.3) is 0 Å². The number of hydrogen-bond acceptors (Lipinski definition) is 2. The van der Waals surface area contributed by atoms with Crippen molar-refractivity contribution in [2.45, 2.75) is 31.7 Å². The average Bonchev–Trinajstić information content (AvgIpc) is 3.35. The van der Waals surface area contributed by atoms with Crippen LogP contribution in [-0.2, 0) is 11.3 Å². The Bertz CT molecular complexity index is 803. The highest BCUT2D eigenvalue weighted by molar-refractivity contribution is 5.94. The predicted molar refractivity (Wildman–Crippen MR) is 101 cm³/mol. The van der Waals surface area contributed by atoms with Crippen LogP contribution >= 0.6 is 0 Å². The molecule has 0 unspecified atom stereocenters. The summed E-state index contributed by atoms with van der Waals surface area (Å²) in [6, 6.07) is 18.1. The van der Waals surface area contributed by atoms with Gasteiger partial charge in [0.05, 0.1) is 0 Å². The van der Waals surface area contributed by atoms with Crippen LogP contribution in [0, 0.1) is 5.92 Å². The lowest BCUT2D eigenvalue weighted by atomic mass is 10.1. The van der Waals surface area contributed by atoms with E-state index in [0.717, 1.165) is 24.9 Å². The van der Waals surface area contributed by atoms with Crippen molar-refractivity contribution in [1.82, 2.24) is 10.2 Å². The first-order valence-electron chi connectivity index (χ1n) is 9.40. The molecular formula is C22H24N2O2. The summed E-state index contributed by atoms with van der Waals surface area (Å²) >= 11 is 0. The van der Waals surface area contributed by atoms with Gasteiger partial charge in [-0.2, -0.15) is 0 Å². The third-order valence-corrected chi connectivity index (χ3v) is 5.41. The van der Waals surface area contributed by atoms with Crippen LogP contribution in [-0.4, -0.2) is 29.8 Å². The normalized spacial score (nSPS) is 21.7. The van der Waals surface area contributed by atoms with E-state index in [-0.39, 0.29) is 11.8 Å². The average molecular weight is 348 g/mol. The van der Waals surface area contributed by atoms with Crippen molar-refractivity contribution < 1.29 is 9.59 Å². The van der Waals surface area contributed by atoms with E-state index in [0.29, 0.717) is 36.9 Å². The number of hydrogen-bond donors (Lipinski definition) is 1. The van der Waals surface area contributed by atoms with E-state index in [9.17, 15) is 9.59 Å². The zero-order chi connectivity index (χ0) is 17.9. The lowest BCUT2D eigenvalue weighted by Crippen LogP contribution is -2.27. The highest BCUT2D eigenvalue weighted by Gasteiger charge is 2.38. The summed E-state index contributed by atoms with van der Waals surface area (Å²) in [5.74, 6) is 1.29. The second-order valence-electron chi connectivity index (χ2n) is 7.34. The maximum Gasteiger partial charge on any atom is 0.251 e. The molecule has 4 nitrogen and oxygen atoms in total. The van der Waals surface area contributed by atoms with Crippen molar-refractivity contribution in [2.75, 3.05) is 13.1 Å². The van der Waals surface area contributed by atoms with Crippen LogP contribution in [0.5, 0.6) is 0 Å². The number of benzene rings is 2.